The van der Waals surface area contributed by atoms with Crippen LogP contribution in [0.5, 0.6) is 11.5 Å². The number of benzene rings is 3. The van der Waals surface area contributed by atoms with Gasteiger partial charge in [0.25, 0.3) is 0 Å². The van der Waals surface area contributed by atoms with Gasteiger partial charge in [0.1, 0.15) is 12.4 Å². The summed E-state index contributed by atoms with van der Waals surface area (Å²) in [5.74, 6) is 1.01. The second-order valence-corrected chi connectivity index (χ2v) is 7.13. The number of ether oxygens (including phenoxy) is 2. The quantitative estimate of drug-likeness (QED) is 0.449. The van der Waals surface area contributed by atoms with Gasteiger partial charge in [-0.3, -0.25) is 0 Å². The van der Waals surface area contributed by atoms with E-state index in [-0.39, 0.29) is 5.82 Å². The molecule has 27 heavy (non-hydrogen) atoms. The molecule has 3 aromatic rings. The Balaban J connectivity index is 1.82. The summed E-state index contributed by atoms with van der Waals surface area (Å²) in [6.07, 6.45) is 0. The summed E-state index contributed by atoms with van der Waals surface area (Å²) in [6.45, 7) is 0.839. The van der Waals surface area contributed by atoms with Gasteiger partial charge in [-0.1, -0.05) is 39.7 Å². The molecule has 3 aromatic carbocycles. The first-order valence-corrected chi connectivity index (χ1v) is 9.46. The molecule has 0 aliphatic heterocycles. The highest BCUT2D eigenvalue weighted by molar-refractivity contribution is 9.10. The minimum absolute atomic E-state index is 0.270. The van der Waals surface area contributed by atoms with E-state index in [1.54, 1.807) is 19.2 Å². The second kappa shape index (κ2) is 9.11. The number of nitrogens with one attached hydrogen (secondary N) is 1. The summed E-state index contributed by atoms with van der Waals surface area (Å²) in [5, 5.41) is 3.94. The number of methoxy groups -OCH3 is 1. The lowest BCUT2D eigenvalue weighted by Crippen LogP contribution is -2.06. The summed E-state index contributed by atoms with van der Waals surface area (Å²) in [6, 6.07) is 17.5. The van der Waals surface area contributed by atoms with E-state index in [1.165, 1.54) is 12.1 Å². The molecule has 0 amide bonds. The minimum Gasteiger partial charge on any atom is -0.493 e. The van der Waals surface area contributed by atoms with E-state index in [0.29, 0.717) is 29.7 Å². The van der Waals surface area contributed by atoms with Crippen LogP contribution in [0.3, 0.4) is 0 Å². The van der Waals surface area contributed by atoms with E-state index in [0.717, 1.165) is 21.3 Å². The van der Waals surface area contributed by atoms with Crippen molar-refractivity contribution in [3.8, 4) is 11.5 Å². The number of halogens is 3. The van der Waals surface area contributed by atoms with Gasteiger partial charge >= 0.3 is 0 Å². The van der Waals surface area contributed by atoms with Crippen molar-refractivity contribution >= 4 is 33.2 Å². The van der Waals surface area contributed by atoms with Crippen LogP contribution < -0.4 is 14.8 Å². The molecular formula is C21H18BrClFNO2. The highest BCUT2D eigenvalue weighted by Gasteiger charge is 2.15. The Morgan fingerprint density at radius 3 is 2.56 bits per heavy atom. The van der Waals surface area contributed by atoms with Gasteiger partial charge in [-0.2, -0.15) is 0 Å². The van der Waals surface area contributed by atoms with Crippen LogP contribution in [-0.4, -0.2) is 7.11 Å². The topological polar surface area (TPSA) is 30.5 Å². The molecule has 3 nitrogen and oxygen atoms in total. The third kappa shape index (κ3) is 5.15. The molecule has 0 aliphatic carbocycles. The monoisotopic (exact) mass is 449 g/mol. The van der Waals surface area contributed by atoms with Crippen LogP contribution in [0.25, 0.3) is 0 Å². The van der Waals surface area contributed by atoms with Gasteiger partial charge in [0.2, 0.25) is 0 Å². The van der Waals surface area contributed by atoms with Crippen LogP contribution >= 0.6 is 27.5 Å². The summed E-state index contributed by atoms with van der Waals surface area (Å²) in [4.78, 5) is 0. The fraction of sp³-hybridized carbons (Fsp3) is 0.143. The first kappa shape index (κ1) is 19.5. The Bertz CT molecular complexity index is 919. The molecule has 0 atom stereocenters. The molecular weight excluding hydrogens is 433 g/mol. The Hall–Kier alpha value is -2.24. The first-order valence-electron chi connectivity index (χ1n) is 8.29. The zero-order valence-electron chi connectivity index (χ0n) is 14.6. The molecule has 0 spiro atoms. The van der Waals surface area contributed by atoms with Crippen LogP contribution in [0.15, 0.2) is 65.1 Å². The predicted octanol–water partition coefficient (Wildman–Crippen LogP) is 6.44. The van der Waals surface area contributed by atoms with Crippen molar-refractivity contribution in [1.82, 2.24) is 0 Å². The van der Waals surface area contributed by atoms with Gasteiger partial charge < -0.3 is 14.8 Å². The smallest absolute Gasteiger partial charge is 0.167 e. The third-order valence-electron chi connectivity index (χ3n) is 3.97. The zero-order chi connectivity index (χ0) is 19.2. The van der Waals surface area contributed by atoms with Crippen molar-refractivity contribution < 1.29 is 13.9 Å². The van der Waals surface area contributed by atoms with Crippen LogP contribution in [0.2, 0.25) is 5.02 Å². The maximum Gasteiger partial charge on any atom is 0.167 e. The first-order chi connectivity index (χ1) is 13.1. The van der Waals surface area contributed by atoms with Gasteiger partial charge in [0.05, 0.1) is 7.11 Å². The van der Waals surface area contributed by atoms with Crippen molar-refractivity contribution in [2.75, 3.05) is 12.4 Å². The zero-order valence-corrected chi connectivity index (χ0v) is 17.0. The molecule has 6 heteroatoms. The lowest BCUT2D eigenvalue weighted by molar-refractivity contribution is 0.281. The summed E-state index contributed by atoms with van der Waals surface area (Å²) < 4.78 is 25.5. The Kier molecular flexibility index (Phi) is 6.58. The molecule has 0 aliphatic rings. The second-order valence-electron chi connectivity index (χ2n) is 5.84. The van der Waals surface area contributed by atoms with E-state index in [2.05, 4.69) is 21.2 Å². The van der Waals surface area contributed by atoms with Crippen LogP contribution in [-0.2, 0) is 13.2 Å². The summed E-state index contributed by atoms with van der Waals surface area (Å²) in [5.41, 5.74) is 2.68. The van der Waals surface area contributed by atoms with E-state index < -0.39 is 0 Å². The van der Waals surface area contributed by atoms with Crippen molar-refractivity contribution in [2.24, 2.45) is 0 Å². The SMILES string of the molecule is COc1ccc(Br)c(CNc2ccc(F)cc2)c1OCc1cccc(Cl)c1. The molecule has 0 radical (unpaired) electrons. The highest BCUT2D eigenvalue weighted by Crippen LogP contribution is 2.37. The Morgan fingerprint density at radius 2 is 1.85 bits per heavy atom. The van der Waals surface area contributed by atoms with Crippen LogP contribution in [0.1, 0.15) is 11.1 Å². The average Bonchev–Trinajstić information content (AvgIpc) is 2.67. The fourth-order valence-corrected chi connectivity index (χ4v) is 3.27. The van der Waals surface area contributed by atoms with E-state index in [9.17, 15) is 4.39 Å². The fourth-order valence-electron chi connectivity index (χ4n) is 2.61. The Labute approximate surface area is 171 Å². The van der Waals surface area contributed by atoms with Crippen molar-refractivity contribution in [2.45, 2.75) is 13.2 Å². The number of hydrogen-bond acceptors (Lipinski definition) is 3. The van der Waals surface area contributed by atoms with Crippen LogP contribution in [0.4, 0.5) is 10.1 Å². The predicted molar refractivity (Wildman–Crippen MR) is 110 cm³/mol. The van der Waals surface area contributed by atoms with E-state index in [4.69, 9.17) is 21.1 Å². The lowest BCUT2D eigenvalue weighted by atomic mass is 10.1. The van der Waals surface area contributed by atoms with Crippen LogP contribution in [0, 0.1) is 5.82 Å². The van der Waals surface area contributed by atoms with Crippen molar-refractivity contribution in [1.29, 1.82) is 0 Å². The van der Waals surface area contributed by atoms with Gasteiger partial charge in [-0.25, -0.2) is 4.39 Å². The minimum atomic E-state index is -0.270. The summed E-state index contributed by atoms with van der Waals surface area (Å²) in [7, 11) is 1.60. The third-order valence-corrected chi connectivity index (χ3v) is 4.95. The molecule has 0 unspecified atom stereocenters. The molecule has 3 rings (SSSR count). The molecule has 0 aromatic heterocycles. The largest absolute Gasteiger partial charge is 0.493 e. The molecule has 1 N–H and O–H groups in total. The van der Waals surface area contributed by atoms with Gasteiger partial charge in [-0.15, -0.1) is 0 Å². The standard InChI is InChI=1S/C21H18BrClFNO2/c1-26-20-10-9-19(22)18(12-25-17-7-5-16(24)6-8-17)21(20)27-13-14-3-2-4-15(23)11-14/h2-11,25H,12-13H2,1H3. The lowest BCUT2D eigenvalue weighted by Gasteiger charge is -2.18. The normalized spacial score (nSPS) is 10.5. The Morgan fingerprint density at radius 1 is 1.07 bits per heavy atom. The molecule has 0 bridgehead atoms. The molecule has 0 saturated heterocycles. The number of rotatable bonds is 7. The molecule has 0 heterocycles. The summed E-state index contributed by atoms with van der Waals surface area (Å²) >= 11 is 9.62. The maximum atomic E-state index is 13.1. The average molecular weight is 451 g/mol. The van der Waals surface area contributed by atoms with E-state index in [1.807, 2.05) is 36.4 Å². The number of hydrogen-bond donors (Lipinski definition) is 1. The number of anilines is 1. The van der Waals surface area contributed by atoms with Gasteiger partial charge in [0.15, 0.2) is 11.5 Å². The van der Waals surface area contributed by atoms with Crippen molar-refractivity contribution in [3.05, 3.63) is 87.1 Å². The highest BCUT2D eigenvalue weighted by atomic mass is 79.9. The van der Waals surface area contributed by atoms with Crippen molar-refractivity contribution in [3.63, 3.8) is 0 Å². The van der Waals surface area contributed by atoms with Gasteiger partial charge in [0, 0.05) is 27.3 Å². The molecule has 140 valence electrons. The molecule has 0 saturated carbocycles. The maximum absolute atomic E-state index is 13.1. The van der Waals surface area contributed by atoms with Gasteiger partial charge in [-0.05, 0) is 54.1 Å². The van der Waals surface area contributed by atoms with E-state index >= 15 is 0 Å². The molecule has 0 fully saturated rings.